The third-order valence-electron chi connectivity index (χ3n) is 6.67. The molecule has 0 aromatic carbocycles. The van der Waals surface area contributed by atoms with Crippen molar-refractivity contribution >= 4 is 5.97 Å². The van der Waals surface area contributed by atoms with E-state index in [2.05, 4.69) is 74.6 Å². The van der Waals surface area contributed by atoms with Crippen molar-refractivity contribution in [3.63, 3.8) is 0 Å². The van der Waals surface area contributed by atoms with Crippen molar-refractivity contribution in [3.8, 4) is 0 Å². The average molecular weight is 527 g/mol. The number of carbonyl (C=O) groups is 1. The Morgan fingerprint density at radius 1 is 0.474 bits per heavy atom. The molecule has 0 unspecified atom stereocenters. The van der Waals surface area contributed by atoms with Crippen LogP contribution in [0.1, 0.15) is 155 Å². The molecule has 0 saturated heterocycles. The molecule has 0 N–H and O–H groups in total. The van der Waals surface area contributed by atoms with Crippen molar-refractivity contribution in [2.24, 2.45) is 0 Å². The first-order chi connectivity index (χ1) is 18.8. The van der Waals surface area contributed by atoms with Crippen LogP contribution in [0.3, 0.4) is 0 Å². The van der Waals surface area contributed by atoms with Gasteiger partial charge in [-0.05, 0) is 51.4 Å². The molecule has 0 aliphatic carbocycles. The Balaban J connectivity index is 3.37. The van der Waals surface area contributed by atoms with Gasteiger partial charge in [0.05, 0.1) is 6.61 Å². The molecule has 0 aromatic rings. The average Bonchev–Trinajstić information content (AvgIpc) is 2.92. The predicted molar refractivity (Wildman–Crippen MR) is 170 cm³/mol. The number of hydrogen-bond donors (Lipinski definition) is 0. The van der Waals surface area contributed by atoms with Crippen LogP contribution in [0.25, 0.3) is 0 Å². The van der Waals surface area contributed by atoms with E-state index in [9.17, 15) is 4.79 Å². The first-order valence-electron chi connectivity index (χ1n) is 16.2. The molecular formula is C36H62O2. The van der Waals surface area contributed by atoms with E-state index in [4.69, 9.17) is 4.74 Å². The van der Waals surface area contributed by atoms with Crippen LogP contribution < -0.4 is 0 Å². The Hall–Kier alpha value is -1.83. The molecule has 0 rings (SSSR count). The van der Waals surface area contributed by atoms with Gasteiger partial charge >= 0.3 is 5.97 Å². The van der Waals surface area contributed by atoms with Gasteiger partial charge in [0, 0.05) is 6.42 Å². The van der Waals surface area contributed by atoms with Gasteiger partial charge in [0.25, 0.3) is 0 Å². The van der Waals surface area contributed by atoms with Gasteiger partial charge in [-0.25, -0.2) is 0 Å². The summed E-state index contributed by atoms with van der Waals surface area (Å²) in [5.41, 5.74) is 0. The molecule has 218 valence electrons. The Morgan fingerprint density at radius 2 is 0.868 bits per heavy atom. The summed E-state index contributed by atoms with van der Waals surface area (Å²) in [7, 11) is 0. The Labute approximate surface area is 237 Å². The number of hydrogen-bond acceptors (Lipinski definition) is 2. The van der Waals surface area contributed by atoms with E-state index in [0.29, 0.717) is 13.0 Å². The number of esters is 1. The standard InChI is InChI=1S/C36H62O2/c1-3-5-7-9-11-13-15-17-19-20-21-22-24-26-28-30-32-34-36(37)38-35-33-31-29-27-25-23-18-16-14-12-10-8-6-4-2/h5,7,11,13,17,19,21-22,26,28H,3-4,6,8-10,12,14-16,18,20,23-25,27,29-35H2,1-2H3/b7-5-,13-11-,19-17-,22-21-,28-26-. The maximum atomic E-state index is 11.9. The van der Waals surface area contributed by atoms with Crippen molar-refractivity contribution in [2.75, 3.05) is 6.61 Å². The topological polar surface area (TPSA) is 26.3 Å². The Kier molecular flexibility index (Phi) is 31.6. The summed E-state index contributed by atoms with van der Waals surface area (Å²) in [5.74, 6) is -0.0351. The SMILES string of the molecule is CC/C=C\C/C=C\C/C=C\C/C=C\C/C=C\CCCC(=O)OCCCCCCCCCCCCCCCC. The lowest BCUT2D eigenvalue weighted by Gasteiger charge is -2.05. The van der Waals surface area contributed by atoms with Crippen molar-refractivity contribution < 1.29 is 9.53 Å². The van der Waals surface area contributed by atoms with Gasteiger partial charge in [-0.2, -0.15) is 0 Å². The fourth-order valence-corrected chi connectivity index (χ4v) is 4.29. The molecule has 0 saturated carbocycles. The molecule has 0 radical (unpaired) electrons. The molecule has 2 nitrogen and oxygen atoms in total. The van der Waals surface area contributed by atoms with Crippen LogP contribution in [0.4, 0.5) is 0 Å². The monoisotopic (exact) mass is 526 g/mol. The lowest BCUT2D eigenvalue weighted by atomic mass is 10.0. The van der Waals surface area contributed by atoms with Crippen LogP contribution in [0.15, 0.2) is 60.8 Å². The summed E-state index contributed by atoms with van der Waals surface area (Å²) in [6, 6.07) is 0. The van der Waals surface area contributed by atoms with Crippen LogP contribution in [-0.4, -0.2) is 12.6 Å². The zero-order valence-corrected chi connectivity index (χ0v) is 25.4. The van der Waals surface area contributed by atoms with E-state index < -0.39 is 0 Å². The van der Waals surface area contributed by atoms with Gasteiger partial charge in [0.15, 0.2) is 0 Å². The second-order valence-electron chi connectivity index (χ2n) is 10.4. The predicted octanol–water partition coefficient (Wildman–Crippen LogP) is 11.9. The third-order valence-corrected chi connectivity index (χ3v) is 6.67. The second-order valence-corrected chi connectivity index (χ2v) is 10.4. The molecule has 0 aliphatic heterocycles. The minimum Gasteiger partial charge on any atom is -0.466 e. The lowest BCUT2D eigenvalue weighted by molar-refractivity contribution is -0.143. The number of carbonyl (C=O) groups excluding carboxylic acids is 1. The molecule has 0 spiro atoms. The van der Waals surface area contributed by atoms with E-state index in [1.807, 2.05) is 0 Å². The number of unbranched alkanes of at least 4 members (excludes halogenated alkanes) is 14. The summed E-state index contributed by atoms with van der Waals surface area (Å²) in [6.07, 6.45) is 48.4. The summed E-state index contributed by atoms with van der Waals surface area (Å²) >= 11 is 0. The first kappa shape index (κ1) is 36.2. The third kappa shape index (κ3) is 32.2. The van der Waals surface area contributed by atoms with Gasteiger partial charge in [0.1, 0.15) is 0 Å². The van der Waals surface area contributed by atoms with E-state index in [-0.39, 0.29) is 5.97 Å². The highest BCUT2D eigenvalue weighted by atomic mass is 16.5. The number of rotatable bonds is 28. The molecule has 0 aromatic heterocycles. The fourth-order valence-electron chi connectivity index (χ4n) is 4.29. The number of ether oxygens (including phenoxy) is 1. The molecule has 0 atom stereocenters. The molecule has 38 heavy (non-hydrogen) atoms. The van der Waals surface area contributed by atoms with Crippen molar-refractivity contribution in [3.05, 3.63) is 60.8 Å². The summed E-state index contributed by atoms with van der Waals surface area (Å²) < 4.78 is 5.39. The zero-order chi connectivity index (χ0) is 27.6. The van der Waals surface area contributed by atoms with E-state index >= 15 is 0 Å². The summed E-state index contributed by atoms with van der Waals surface area (Å²) in [6.45, 7) is 5.04. The smallest absolute Gasteiger partial charge is 0.305 e. The van der Waals surface area contributed by atoms with Gasteiger partial charge in [-0.15, -0.1) is 0 Å². The van der Waals surface area contributed by atoms with E-state index in [0.717, 1.165) is 51.4 Å². The van der Waals surface area contributed by atoms with Gasteiger partial charge < -0.3 is 4.74 Å². The molecule has 0 heterocycles. The Bertz CT molecular complexity index is 623. The van der Waals surface area contributed by atoms with Crippen LogP contribution in [0.5, 0.6) is 0 Å². The molecule has 0 fully saturated rings. The molecule has 2 heteroatoms. The van der Waals surface area contributed by atoms with Crippen molar-refractivity contribution in [1.29, 1.82) is 0 Å². The molecule has 0 amide bonds. The Morgan fingerprint density at radius 3 is 1.32 bits per heavy atom. The van der Waals surface area contributed by atoms with Crippen LogP contribution in [-0.2, 0) is 9.53 Å². The molecule has 0 bridgehead atoms. The normalized spacial score (nSPS) is 12.4. The van der Waals surface area contributed by atoms with E-state index in [1.165, 1.54) is 83.5 Å². The van der Waals surface area contributed by atoms with Crippen LogP contribution in [0.2, 0.25) is 0 Å². The van der Waals surface area contributed by atoms with Crippen molar-refractivity contribution in [2.45, 2.75) is 155 Å². The number of allylic oxidation sites excluding steroid dienone is 10. The van der Waals surface area contributed by atoms with Gasteiger partial charge in [-0.1, -0.05) is 158 Å². The minimum atomic E-state index is -0.0351. The summed E-state index contributed by atoms with van der Waals surface area (Å²) in [4.78, 5) is 11.9. The quantitative estimate of drug-likeness (QED) is 0.0575. The van der Waals surface area contributed by atoms with E-state index in [1.54, 1.807) is 0 Å². The highest BCUT2D eigenvalue weighted by Crippen LogP contribution is 2.13. The second kappa shape index (κ2) is 33.2. The molecular weight excluding hydrogens is 464 g/mol. The van der Waals surface area contributed by atoms with Crippen LogP contribution >= 0.6 is 0 Å². The lowest BCUT2D eigenvalue weighted by Crippen LogP contribution is -2.05. The zero-order valence-electron chi connectivity index (χ0n) is 25.4. The van der Waals surface area contributed by atoms with Gasteiger partial charge in [0.2, 0.25) is 0 Å². The first-order valence-corrected chi connectivity index (χ1v) is 16.2. The molecule has 0 aliphatic rings. The maximum absolute atomic E-state index is 11.9. The van der Waals surface area contributed by atoms with Gasteiger partial charge in [-0.3, -0.25) is 4.79 Å². The van der Waals surface area contributed by atoms with Crippen LogP contribution in [0, 0.1) is 0 Å². The largest absolute Gasteiger partial charge is 0.466 e. The van der Waals surface area contributed by atoms with Crippen molar-refractivity contribution in [1.82, 2.24) is 0 Å². The highest BCUT2D eigenvalue weighted by Gasteiger charge is 2.01. The highest BCUT2D eigenvalue weighted by molar-refractivity contribution is 5.69. The maximum Gasteiger partial charge on any atom is 0.305 e. The minimum absolute atomic E-state index is 0.0351. The fraction of sp³-hybridized carbons (Fsp3) is 0.694. The summed E-state index contributed by atoms with van der Waals surface area (Å²) in [5, 5.41) is 0.